The highest BCUT2D eigenvalue weighted by atomic mass is 16.5. The Morgan fingerprint density at radius 1 is 0.909 bits per heavy atom. The number of carbonyl (C=O) groups excluding carboxylic acids is 1. The largest absolute Gasteiger partial charge is 0.469 e. The second-order valence-electron chi connectivity index (χ2n) is 5.65. The Hall–Kier alpha value is -2.35. The lowest BCUT2D eigenvalue weighted by Gasteiger charge is -2.26. The fourth-order valence-corrected chi connectivity index (χ4v) is 3.20. The lowest BCUT2D eigenvalue weighted by molar-refractivity contribution is -0.145. The first-order valence-electron chi connectivity index (χ1n) is 7.70. The maximum atomic E-state index is 11.9. The van der Waals surface area contributed by atoms with Crippen LogP contribution in [0.5, 0.6) is 0 Å². The summed E-state index contributed by atoms with van der Waals surface area (Å²) >= 11 is 0. The molecule has 22 heavy (non-hydrogen) atoms. The number of carbonyl (C=O) groups is 1. The highest BCUT2D eigenvalue weighted by molar-refractivity contribution is 5.93. The summed E-state index contributed by atoms with van der Waals surface area (Å²) in [4.78, 5) is 11.9. The summed E-state index contributed by atoms with van der Waals surface area (Å²) in [6.45, 7) is 0. The number of benzene rings is 2. The van der Waals surface area contributed by atoms with Crippen molar-refractivity contribution in [2.45, 2.75) is 19.3 Å². The zero-order valence-electron chi connectivity index (χ0n) is 12.8. The van der Waals surface area contributed by atoms with Gasteiger partial charge in [0.15, 0.2) is 0 Å². The smallest absolute Gasteiger partial charge is 0.309 e. The Morgan fingerprint density at radius 2 is 1.45 bits per heavy atom. The van der Waals surface area contributed by atoms with Crippen LogP contribution < -0.4 is 0 Å². The van der Waals surface area contributed by atoms with E-state index in [1.165, 1.54) is 29.4 Å². The molecule has 0 amide bonds. The lowest BCUT2D eigenvalue weighted by Crippen LogP contribution is -2.20. The van der Waals surface area contributed by atoms with Crippen molar-refractivity contribution in [2.75, 3.05) is 7.11 Å². The van der Waals surface area contributed by atoms with Crippen molar-refractivity contribution in [2.24, 2.45) is 5.92 Å². The fraction of sp³-hybridized carbons (Fsp3) is 0.250. The standard InChI is InChI=1S/C20H20O2/c1-22-20(21)17-12-13-18(15-8-4-2-5-9-15)19(14-17)16-10-6-3-7-11-16/h2-11,17H,12-14H2,1H3. The third kappa shape index (κ3) is 2.96. The van der Waals surface area contributed by atoms with Gasteiger partial charge in [-0.25, -0.2) is 0 Å². The minimum absolute atomic E-state index is 0.0346. The molecule has 2 aromatic rings. The average molecular weight is 292 g/mol. The molecule has 0 bridgehead atoms. The molecular formula is C20H20O2. The van der Waals surface area contributed by atoms with Crippen molar-refractivity contribution in [1.82, 2.24) is 0 Å². The van der Waals surface area contributed by atoms with E-state index in [1.54, 1.807) is 0 Å². The topological polar surface area (TPSA) is 26.3 Å². The van der Waals surface area contributed by atoms with Gasteiger partial charge in [0.1, 0.15) is 0 Å². The molecule has 0 saturated carbocycles. The van der Waals surface area contributed by atoms with E-state index in [9.17, 15) is 4.79 Å². The van der Waals surface area contributed by atoms with Crippen LogP contribution in [0.1, 0.15) is 30.4 Å². The van der Waals surface area contributed by atoms with Gasteiger partial charge < -0.3 is 4.74 Å². The molecule has 1 atom stereocenters. The van der Waals surface area contributed by atoms with E-state index in [0.29, 0.717) is 0 Å². The van der Waals surface area contributed by atoms with E-state index in [0.717, 1.165) is 19.3 Å². The molecule has 0 aliphatic heterocycles. The Kier molecular flexibility index (Phi) is 4.38. The minimum Gasteiger partial charge on any atom is -0.469 e. The summed E-state index contributed by atoms with van der Waals surface area (Å²) in [5, 5.41) is 0. The van der Waals surface area contributed by atoms with Crippen LogP contribution in [-0.2, 0) is 9.53 Å². The number of rotatable bonds is 3. The predicted octanol–water partition coefficient (Wildman–Crippen LogP) is 4.57. The summed E-state index contributed by atoms with van der Waals surface area (Å²) in [5.74, 6) is -0.131. The second-order valence-corrected chi connectivity index (χ2v) is 5.65. The first-order valence-corrected chi connectivity index (χ1v) is 7.70. The van der Waals surface area contributed by atoms with Crippen LogP contribution in [0.4, 0.5) is 0 Å². The highest BCUT2D eigenvalue weighted by Crippen LogP contribution is 2.40. The van der Waals surface area contributed by atoms with Crippen LogP contribution in [0.3, 0.4) is 0 Å². The monoisotopic (exact) mass is 292 g/mol. The molecule has 0 spiro atoms. The number of ether oxygens (including phenoxy) is 1. The molecule has 2 nitrogen and oxygen atoms in total. The molecular weight excluding hydrogens is 272 g/mol. The van der Waals surface area contributed by atoms with E-state index in [4.69, 9.17) is 4.74 Å². The van der Waals surface area contributed by atoms with Gasteiger partial charge in [-0.1, -0.05) is 60.7 Å². The van der Waals surface area contributed by atoms with Gasteiger partial charge in [0, 0.05) is 0 Å². The Labute approximate surface area is 131 Å². The first-order chi connectivity index (χ1) is 10.8. The molecule has 2 aromatic carbocycles. The Bertz CT molecular complexity index is 671. The zero-order chi connectivity index (χ0) is 15.4. The molecule has 1 aliphatic rings. The summed E-state index contributed by atoms with van der Waals surface area (Å²) in [5.41, 5.74) is 5.08. The van der Waals surface area contributed by atoms with Crippen LogP contribution in [0.25, 0.3) is 11.1 Å². The van der Waals surface area contributed by atoms with Gasteiger partial charge in [0.2, 0.25) is 0 Å². The normalized spacial score (nSPS) is 18.1. The third-order valence-corrected chi connectivity index (χ3v) is 4.34. The van der Waals surface area contributed by atoms with Gasteiger partial charge in [-0.05, 0) is 41.5 Å². The summed E-state index contributed by atoms with van der Waals surface area (Å²) in [6.07, 6.45) is 2.52. The van der Waals surface area contributed by atoms with Crippen LogP contribution in [0, 0.1) is 5.92 Å². The molecule has 1 aliphatic carbocycles. The van der Waals surface area contributed by atoms with Gasteiger partial charge in [-0.3, -0.25) is 4.79 Å². The van der Waals surface area contributed by atoms with Crippen LogP contribution in [0.15, 0.2) is 60.7 Å². The molecule has 112 valence electrons. The van der Waals surface area contributed by atoms with E-state index in [-0.39, 0.29) is 11.9 Å². The summed E-state index contributed by atoms with van der Waals surface area (Å²) in [7, 11) is 1.47. The second kappa shape index (κ2) is 6.61. The van der Waals surface area contributed by atoms with Crippen molar-refractivity contribution in [1.29, 1.82) is 0 Å². The van der Waals surface area contributed by atoms with Crippen LogP contribution in [0.2, 0.25) is 0 Å². The van der Waals surface area contributed by atoms with Crippen LogP contribution >= 0.6 is 0 Å². The molecule has 1 unspecified atom stereocenters. The molecule has 0 aromatic heterocycles. The summed E-state index contributed by atoms with van der Waals surface area (Å²) in [6, 6.07) is 20.8. The Balaban J connectivity index is 2.05. The summed E-state index contributed by atoms with van der Waals surface area (Å²) < 4.78 is 4.95. The average Bonchev–Trinajstić information content (AvgIpc) is 2.62. The lowest BCUT2D eigenvalue weighted by atomic mass is 9.78. The molecule has 0 heterocycles. The van der Waals surface area contributed by atoms with Crippen molar-refractivity contribution in [3.05, 3.63) is 71.8 Å². The van der Waals surface area contributed by atoms with E-state index in [2.05, 4.69) is 36.4 Å². The highest BCUT2D eigenvalue weighted by Gasteiger charge is 2.28. The van der Waals surface area contributed by atoms with Gasteiger partial charge in [0.25, 0.3) is 0 Å². The maximum absolute atomic E-state index is 11.9. The van der Waals surface area contributed by atoms with Crippen LogP contribution in [-0.4, -0.2) is 13.1 Å². The van der Waals surface area contributed by atoms with E-state index in [1.807, 2.05) is 24.3 Å². The Morgan fingerprint density at radius 3 is 2.00 bits per heavy atom. The molecule has 0 N–H and O–H groups in total. The predicted molar refractivity (Wildman–Crippen MR) is 89.1 cm³/mol. The quantitative estimate of drug-likeness (QED) is 0.775. The van der Waals surface area contributed by atoms with E-state index < -0.39 is 0 Å². The molecule has 0 saturated heterocycles. The molecule has 2 heteroatoms. The molecule has 3 rings (SSSR count). The number of allylic oxidation sites excluding steroid dienone is 2. The number of hydrogen-bond acceptors (Lipinski definition) is 2. The first kappa shape index (κ1) is 14.6. The molecule has 0 fully saturated rings. The van der Waals surface area contributed by atoms with Crippen molar-refractivity contribution in [3.8, 4) is 0 Å². The molecule has 0 radical (unpaired) electrons. The fourth-order valence-electron chi connectivity index (χ4n) is 3.20. The van der Waals surface area contributed by atoms with Gasteiger partial charge in [-0.15, -0.1) is 0 Å². The maximum Gasteiger partial charge on any atom is 0.309 e. The third-order valence-electron chi connectivity index (χ3n) is 4.34. The van der Waals surface area contributed by atoms with E-state index >= 15 is 0 Å². The van der Waals surface area contributed by atoms with Crippen molar-refractivity contribution in [3.63, 3.8) is 0 Å². The number of esters is 1. The number of hydrogen-bond donors (Lipinski definition) is 0. The number of methoxy groups -OCH3 is 1. The van der Waals surface area contributed by atoms with Gasteiger partial charge in [-0.2, -0.15) is 0 Å². The SMILES string of the molecule is COC(=O)C1CCC(c2ccccc2)=C(c2ccccc2)C1. The van der Waals surface area contributed by atoms with Gasteiger partial charge >= 0.3 is 5.97 Å². The van der Waals surface area contributed by atoms with Crippen molar-refractivity contribution < 1.29 is 9.53 Å². The minimum atomic E-state index is -0.0967. The van der Waals surface area contributed by atoms with Gasteiger partial charge in [0.05, 0.1) is 13.0 Å². The zero-order valence-corrected chi connectivity index (χ0v) is 12.8. The van der Waals surface area contributed by atoms with Crippen molar-refractivity contribution >= 4 is 17.1 Å².